The molecular weight excluding hydrogens is 350 g/mol. The summed E-state index contributed by atoms with van der Waals surface area (Å²) in [6.07, 6.45) is 1.02. The van der Waals surface area contributed by atoms with Gasteiger partial charge in [0.1, 0.15) is 4.88 Å². The SMILES string of the molecule is CN(C)C1CCN(C(=O)c2sc3ccc(Br)cc3c2N)C1. The van der Waals surface area contributed by atoms with E-state index in [0.717, 1.165) is 34.1 Å². The van der Waals surface area contributed by atoms with Crippen LogP contribution in [0.25, 0.3) is 10.1 Å². The van der Waals surface area contributed by atoms with Gasteiger partial charge >= 0.3 is 0 Å². The first kappa shape index (κ1) is 14.8. The molecule has 1 fully saturated rings. The van der Waals surface area contributed by atoms with Gasteiger partial charge in [-0.3, -0.25) is 4.79 Å². The Morgan fingerprint density at radius 1 is 1.48 bits per heavy atom. The molecule has 3 rings (SSSR count). The Morgan fingerprint density at radius 2 is 2.24 bits per heavy atom. The van der Waals surface area contributed by atoms with Gasteiger partial charge in [0, 0.05) is 33.7 Å². The average molecular weight is 368 g/mol. The highest BCUT2D eigenvalue weighted by molar-refractivity contribution is 9.10. The van der Waals surface area contributed by atoms with Crippen molar-refractivity contribution in [3.8, 4) is 0 Å². The molecular formula is C15H18BrN3OS. The van der Waals surface area contributed by atoms with E-state index in [-0.39, 0.29) is 5.91 Å². The van der Waals surface area contributed by atoms with Gasteiger partial charge < -0.3 is 15.5 Å². The molecule has 6 heteroatoms. The minimum Gasteiger partial charge on any atom is -0.397 e. The van der Waals surface area contributed by atoms with E-state index >= 15 is 0 Å². The van der Waals surface area contributed by atoms with Crippen LogP contribution < -0.4 is 5.73 Å². The zero-order chi connectivity index (χ0) is 15.1. The average Bonchev–Trinajstić information content (AvgIpc) is 3.04. The second kappa shape index (κ2) is 5.59. The molecule has 1 atom stereocenters. The number of likely N-dealkylation sites (N-methyl/N-ethyl adjacent to an activating group) is 1. The molecule has 0 saturated carbocycles. The van der Waals surface area contributed by atoms with Crippen molar-refractivity contribution in [2.24, 2.45) is 0 Å². The number of hydrogen-bond acceptors (Lipinski definition) is 4. The first-order chi connectivity index (χ1) is 9.97. The molecule has 0 aliphatic carbocycles. The smallest absolute Gasteiger partial charge is 0.266 e. The predicted octanol–water partition coefficient (Wildman–Crippen LogP) is 3.02. The van der Waals surface area contributed by atoms with Crippen LogP contribution in [-0.4, -0.2) is 48.9 Å². The topological polar surface area (TPSA) is 49.6 Å². The minimum absolute atomic E-state index is 0.0640. The number of fused-ring (bicyclic) bond motifs is 1. The number of amides is 1. The maximum absolute atomic E-state index is 12.7. The van der Waals surface area contributed by atoms with E-state index in [1.165, 1.54) is 11.3 Å². The lowest BCUT2D eigenvalue weighted by molar-refractivity contribution is 0.0789. The number of rotatable bonds is 2. The van der Waals surface area contributed by atoms with E-state index in [2.05, 4.69) is 34.9 Å². The van der Waals surface area contributed by atoms with Crippen LogP contribution >= 0.6 is 27.3 Å². The second-order valence-electron chi connectivity index (χ2n) is 5.64. The lowest BCUT2D eigenvalue weighted by Gasteiger charge is -2.20. The largest absolute Gasteiger partial charge is 0.397 e. The van der Waals surface area contributed by atoms with Gasteiger partial charge in [-0.25, -0.2) is 0 Å². The van der Waals surface area contributed by atoms with Gasteiger partial charge in [-0.15, -0.1) is 11.3 Å². The van der Waals surface area contributed by atoms with E-state index in [9.17, 15) is 4.79 Å². The number of thiophene rings is 1. The van der Waals surface area contributed by atoms with Gasteiger partial charge in [0.05, 0.1) is 5.69 Å². The van der Waals surface area contributed by atoms with Gasteiger partial charge in [0.15, 0.2) is 0 Å². The molecule has 0 spiro atoms. The number of carbonyl (C=O) groups is 1. The van der Waals surface area contributed by atoms with Crippen molar-refractivity contribution in [2.45, 2.75) is 12.5 Å². The normalized spacial score (nSPS) is 18.9. The van der Waals surface area contributed by atoms with Crippen LogP contribution in [0.3, 0.4) is 0 Å². The summed E-state index contributed by atoms with van der Waals surface area (Å²) < 4.78 is 2.04. The first-order valence-corrected chi connectivity index (χ1v) is 8.51. The summed E-state index contributed by atoms with van der Waals surface area (Å²) in [5, 5.41) is 0.959. The van der Waals surface area contributed by atoms with Gasteiger partial charge in [-0.05, 0) is 38.7 Å². The standard InChI is InChI=1S/C15H18BrN3OS/c1-18(2)10-5-6-19(8-10)15(20)14-13(17)11-7-9(16)3-4-12(11)21-14/h3-4,7,10H,5-6,8,17H2,1-2H3. The van der Waals surface area contributed by atoms with Crippen LogP contribution in [-0.2, 0) is 0 Å². The summed E-state index contributed by atoms with van der Waals surface area (Å²) >= 11 is 4.94. The summed E-state index contributed by atoms with van der Waals surface area (Å²) in [6, 6.07) is 6.40. The van der Waals surface area contributed by atoms with Crippen molar-refractivity contribution < 1.29 is 4.79 Å². The van der Waals surface area contributed by atoms with E-state index in [1.54, 1.807) is 0 Å². The van der Waals surface area contributed by atoms with Crippen LogP contribution in [0.15, 0.2) is 22.7 Å². The fourth-order valence-corrected chi connectivity index (χ4v) is 4.17. The first-order valence-electron chi connectivity index (χ1n) is 6.90. The third kappa shape index (κ3) is 2.67. The Labute approximate surface area is 136 Å². The molecule has 1 aliphatic heterocycles. The van der Waals surface area contributed by atoms with E-state index in [1.807, 2.05) is 23.1 Å². The lowest BCUT2D eigenvalue weighted by Crippen LogP contribution is -2.34. The van der Waals surface area contributed by atoms with Gasteiger partial charge in [-0.1, -0.05) is 15.9 Å². The fraction of sp³-hybridized carbons (Fsp3) is 0.400. The van der Waals surface area contributed by atoms with Crippen LogP contribution in [0.2, 0.25) is 0 Å². The molecule has 2 aromatic rings. The Bertz CT molecular complexity index is 698. The molecule has 0 bridgehead atoms. The van der Waals surface area contributed by atoms with Crippen molar-refractivity contribution in [3.63, 3.8) is 0 Å². The van der Waals surface area contributed by atoms with Crippen molar-refractivity contribution in [2.75, 3.05) is 32.9 Å². The summed E-state index contributed by atoms with van der Waals surface area (Å²) in [4.78, 5) is 17.5. The molecule has 2 N–H and O–H groups in total. The second-order valence-corrected chi connectivity index (χ2v) is 7.61. The van der Waals surface area contributed by atoms with Crippen molar-refractivity contribution in [1.29, 1.82) is 0 Å². The highest BCUT2D eigenvalue weighted by Gasteiger charge is 2.30. The number of hydrogen-bond donors (Lipinski definition) is 1. The minimum atomic E-state index is 0.0640. The van der Waals surface area contributed by atoms with E-state index in [0.29, 0.717) is 16.6 Å². The fourth-order valence-electron chi connectivity index (χ4n) is 2.74. The van der Waals surface area contributed by atoms with Gasteiger partial charge in [-0.2, -0.15) is 0 Å². The Kier molecular flexibility index (Phi) is 3.94. The number of halogens is 1. The molecule has 1 aliphatic rings. The molecule has 2 heterocycles. The number of likely N-dealkylation sites (tertiary alicyclic amines) is 1. The Balaban J connectivity index is 1.90. The molecule has 112 valence electrons. The number of carbonyl (C=O) groups excluding carboxylic acids is 1. The van der Waals surface area contributed by atoms with Crippen LogP contribution in [0, 0.1) is 0 Å². The molecule has 1 saturated heterocycles. The quantitative estimate of drug-likeness (QED) is 0.887. The van der Waals surface area contributed by atoms with E-state index < -0.39 is 0 Å². The zero-order valence-corrected chi connectivity index (χ0v) is 14.5. The lowest BCUT2D eigenvalue weighted by atomic mass is 10.2. The zero-order valence-electron chi connectivity index (χ0n) is 12.1. The molecule has 21 heavy (non-hydrogen) atoms. The number of anilines is 1. The summed E-state index contributed by atoms with van der Waals surface area (Å²) in [5.74, 6) is 0.0640. The van der Waals surface area contributed by atoms with Crippen LogP contribution in [0.4, 0.5) is 5.69 Å². The molecule has 1 unspecified atom stereocenters. The molecule has 1 aromatic heterocycles. The predicted molar refractivity (Wildman–Crippen MR) is 91.9 cm³/mol. The van der Waals surface area contributed by atoms with Gasteiger partial charge in [0.2, 0.25) is 0 Å². The number of nitrogens with two attached hydrogens (primary N) is 1. The van der Waals surface area contributed by atoms with Crippen LogP contribution in [0.5, 0.6) is 0 Å². The summed E-state index contributed by atoms with van der Waals surface area (Å²) in [7, 11) is 4.12. The third-order valence-electron chi connectivity index (χ3n) is 4.06. The highest BCUT2D eigenvalue weighted by Crippen LogP contribution is 2.36. The Morgan fingerprint density at radius 3 is 2.90 bits per heavy atom. The maximum Gasteiger partial charge on any atom is 0.266 e. The maximum atomic E-state index is 12.7. The number of benzene rings is 1. The Hall–Kier alpha value is -1.11. The molecule has 1 amide bonds. The van der Waals surface area contributed by atoms with Crippen molar-refractivity contribution in [1.82, 2.24) is 9.80 Å². The monoisotopic (exact) mass is 367 g/mol. The molecule has 0 radical (unpaired) electrons. The van der Waals surface area contributed by atoms with Gasteiger partial charge in [0.25, 0.3) is 5.91 Å². The summed E-state index contributed by atoms with van der Waals surface area (Å²) in [5.41, 5.74) is 6.81. The number of nitrogen functional groups attached to an aromatic ring is 1. The molecule has 1 aromatic carbocycles. The van der Waals surface area contributed by atoms with Crippen molar-refractivity contribution in [3.05, 3.63) is 27.5 Å². The third-order valence-corrected chi connectivity index (χ3v) is 5.73. The van der Waals surface area contributed by atoms with Crippen molar-refractivity contribution >= 4 is 48.9 Å². The van der Waals surface area contributed by atoms with E-state index in [4.69, 9.17) is 5.73 Å². The summed E-state index contributed by atoms with van der Waals surface area (Å²) in [6.45, 7) is 1.59. The van der Waals surface area contributed by atoms with Crippen LogP contribution in [0.1, 0.15) is 16.1 Å². The molecule has 4 nitrogen and oxygen atoms in total. The highest BCUT2D eigenvalue weighted by atomic mass is 79.9. The number of nitrogens with zero attached hydrogens (tertiary/aromatic N) is 2.